The molecule has 2 heterocycles. The number of β-amino-alcohol motifs (C(OH)–C–C–N with tert-alkyl or cyclic N) is 1. The molecule has 5 nitrogen and oxygen atoms in total. The Morgan fingerprint density at radius 3 is 2.95 bits per heavy atom. The van der Waals surface area contributed by atoms with Gasteiger partial charge in [-0.05, 0) is 38.1 Å². The van der Waals surface area contributed by atoms with Gasteiger partial charge in [-0.25, -0.2) is 0 Å². The summed E-state index contributed by atoms with van der Waals surface area (Å²) in [7, 11) is 0. The van der Waals surface area contributed by atoms with Crippen LogP contribution in [-0.4, -0.2) is 52.5 Å². The summed E-state index contributed by atoms with van der Waals surface area (Å²) in [5, 5.41) is 13.9. The molecule has 0 amide bonds. The highest BCUT2D eigenvalue weighted by molar-refractivity contribution is 6.69. The van der Waals surface area contributed by atoms with Crippen molar-refractivity contribution in [1.29, 1.82) is 0 Å². The molecule has 0 saturated carbocycles. The van der Waals surface area contributed by atoms with E-state index in [1.54, 1.807) is 24.5 Å². The van der Waals surface area contributed by atoms with Crippen LogP contribution >= 0.6 is 11.6 Å². The topological polar surface area (TPSA) is 58.0 Å². The van der Waals surface area contributed by atoms with Gasteiger partial charge < -0.3 is 14.8 Å². The highest BCUT2D eigenvalue weighted by Gasteiger charge is 2.14. The maximum Gasteiger partial charge on any atom is 0.177 e. The van der Waals surface area contributed by atoms with Crippen LogP contribution in [0.3, 0.4) is 0 Å². The number of hydrogen-bond acceptors (Lipinski definition) is 5. The average Bonchev–Trinajstić information content (AvgIpc) is 2.49. The van der Waals surface area contributed by atoms with Crippen LogP contribution in [0.2, 0.25) is 0 Å². The molecule has 0 aromatic carbocycles. The fourth-order valence-electron chi connectivity index (χ4n) is 2.21. The van der Waals surface area contributed by atoms with Gasteiger partial charge >= 0.3 is 0 Å². The quantitative estimate of drug-likeness (QED) is 0.643. The van der Waals surface area contributed by atoms with Gasteiger partial charge in [0.25, 0.3) is 0 Å². The van der Waals surface area contributed by atoms with Crippen LogP contribution in [0, 0.1) is 0 Å². The molecule has 1 aliphatic rings. The Bertz CT molecular complexity index is 422. The lowest BCUT2D eigenvalue weighted by atomic mass is 10.1. The summed E-state index contributed by atoms with van der Waals surface area (Å²) in [4.78, 5) is 11.3. The van der Waals surface area contributed by atoms with Crippen molar-refractivity contribution in [2.75, 3.05) is 26.2 Å². The molecule has 1 aromatic rings. The van der Waals surface area contributed by atoms with Gasteiger partial charge in [0, 0.05) is 24.5 Å². The molecule has 0 bridgehead atoms. The fourth-order valence-corrected chi connectivity index (χ4v) is 2.37. The third-order valence-electron chi connectivity index (χ3n) is 3.23. The third-order valence-corrected chi connectivity index (χ3v) is 3.52. The number of aliphatic hydroxyl groups is 1. The van der Waals surface area contributed by atoms with Crippen LogP contribution < -0.4 is 0 Å². The van der Waals surface area contributed by atoms with Gasteiger partial charge in [0.15, 0.2) is 5.17 Å². The molecule has 0 unspecified atom stereocenters. The van der Waals surface area contributed by atoms with Gasteiger partial charge in [0.1, 0.15) is 12.7 Å². The van der Waals surface area contributed by atoms with Crippen molar-refractivity contribution in [1.82, 2.24) is 9.88 Å². The van der Waals surface area contributed by atoms with E-state index in [2.05, 4.69) is 15.0 Å². The van der Waals surface area contributed by atoms with E-state index in [0.29, 0.717) is 12.1 Å². The second-order valence-electron chi connectivity index (χ2n) is 4.93. The maximum atomic E-state index is 9.89. The minimum absolute atomic E-state index is 0.146. The van der Waals surface area contributed by atoms with E-state index in [-0.39, 0.29) is 11.8 Å². The molecule has 6 heteroatoms. The zero-order valence-electron chi connectivity index (χ0n) is 11.4. The molecule has 110 valence electrons. The Labute approximate surface area is 124 Å². The van der Waals surface area contributed by atoms with Crippen molar-refractivity contribution in [2.24, 2.45) is 5.16 Å². The summed E-state index contributed by atoms with van der Waals surface area (Å²) >= 11 is 5.97. The van der Waals surface area contributed by atoms with Crippen LogP contribution in [0.1, 0.15) is 24.8 Å². The first kappa shape index (κ1) is 15.2. The SMILES string of the molecule is O[C@H](CO/N=C(/Cl)c1cccnc1)CN1CCCCC1. The molecule has 1 saturated heterocycles. The molecule has 1 atom stereocenters. The number of pyridine rings is 1. The van der Waals surface area contributed by atoms with E-state index >= 15 is 0 Å². The molecule has 20 heavy (non-hydrogen) atoms. The first-order chi connectivity index (χ1) is 9.75. The fraction of sp³-hybridized carbons (Fsp3) is 0.571. The third kappa shape index (κ3) is 5.07. The zero-order valence-corrected chi connectivity index (χ0v) is 12.2. The van der Waals surface area contributed by atoms with E-state index in [9.17, 15) is 5.11 Å². The van der Waals surface area contributed by atoms with Crippen LogP contribution in [0.15, 0.2) is 29.7 Å². The molecule has 0 radical (unpaired) electrons. The first-order valence-electron chi connectivity index (χ1n) is 6.92. The Hall–Kier alpha value is -1.17. The minimum atomic E-state index is -0.546. The summed E-state index contributed by atoms with van der Waals surface area (Å²) < 4.78 is 0. The summed E-state index contributed by atoms with van der Waals surface area (Å²) in [6.07, 6.45) is 6.43. The molecule has 1 N–H and O–H groups in total. The standard InChI is InChI=1S/C14H20ClN3O2/c15-14(12-5-4-6-16-9-12)17-20-11-13(19)10-18-7-2-1-3-8-18/h4-6,9,13,19H,1-3,7-8,10-11H2/b17-14+/t13-/m0/s1. The minimum Gasteiger partial charge on any atom is -0.392 e. The number of hydrogen-bond donors (Lipinski definition) is 1. The lowest BCUT2D eigenvalue weighted by Crippen LogP contribution is -2.38. The van der Waals surface area contributed by atoms with Gasteiger partial charge in [0.2, 0.25) is 0 Å². The van der Waals surface area contributed by atoms with Crippen LogP contribution in [0.4, 0.5) is 0 Å². The van der Waals surface area contributed by atoms with Crippen LogP contribution in [0.5, 0.6) is 0 Å². The summed E-state index contributed by atoms with van der Waals surface area (Å²) in [6.45, 7) is 2.88. The number of likely N-dealkylation sites (tertiary alicyclic amines) is 1. The van der Waals surface area contributed by atoms with E-state index in [0.717, 1.165) is 13.1 Å². The van der Waals surface area contributed by atoms with Gasteiger partial charge in [0.05, 0.1) is 0 Å². The number of oxime groups is 1. The van der Waals surface area contributed by atoms with E-state index in [1.807, 2.05) is 0 Å². The highest BCUT2D eigenvalue weighted by Crippen LogP contribution is 2.09. The number of nitrogens with zero attached hydrogens (tertiary/aromatic N) is 3. The van der Waals surface area contributed by atoms with Crippen LogP contribution in [-0.2, 0) is 4.84 Å². The van der Waals surface area contributed by atoms with Crippen molar-refractivity contribution in [2.45, 2.75) is 25.4 Å². The van der Waals surface area contributed by atoms with E-state index in [1.165, 1.54) is 19.3 Å². The normalized spacial score (nSPS) is 18.8. The molecular weight excluding hydrogens is 278 g/mol. The monoisotopic (exact) mass is 297 g/mol. The largest absolute Gasteiger partial charge is 0.392 e. The number of halogens is 1. The number of rotatable bonds is 6. The Morgan fingerprint density at radius 2 is 2.25 bits per heavy atom. The molecule has 1 fully saturated rings. The van der Waals surface area contributed by atoms with Crippen molar-refractivity contribution >= 4 is 16.8 Å². The highest BCUT2D eigenvalue weighted by atomic mass is 35.5. The molecule has 1 aromatic heterocycles. The van der Waals surface area contributed by atoms with Gasteiger partial charge in [-0.15, -0.1) is 0 Å². The van der Waals surface area contributed by atoms with Gasteiger partial charge in [-0.3, -0.25) is 4.98 Å². The zero-order chi connectivity index (χ0) is 14.2. The van der Waals surface area contributed by atoms with Crippen molar-refractivity contribution in [3.05, 3.63) is 30.1 Å². The number of aromatic nitrogens is 1. The van der Waals surface area contributed by atoms with Crippen molar-refractivity contribution < 1.29 is 9.94 Å². The Kier molecular flexibility index (Phi) is 6.24. The summed E-state index contributed by atoms with van der Waals surface area (Å²) in [5.41, 5.74) is 0.694. The van der Waals surface area contributed by atoms with Gasteiger partial charge in [-0.1, -0.05) is 23.2 Å². The molecule has 0 spiro atoms. The maximum absolute atomic E-state index is 9.89. The molecule has 0 aliphatic carbocycles. The van der Waals surface area contributed by atoms with Crippen molar-refractivity contribution in [3.8, 4) is 0 Å². The lowest BCUT2D eigenvalue weighted by molar-refractivity contribution is 0.0161. The van der Waals surface area contributed by atoms with Crippen LogP contribution in [0.25, 0.3) is 0 Å². The Balaban J connectivity index is 1.71. The number of aliphatic hydroxyl groups excluding tert-OH is 1. The predicted octanol–water partition coefficient (Wildman–Crippen LogP) is 1.85. The smallest absolute Gasteiger partial charge is 0.177 e. The predicted molar refractivity (Wildman–Crippen MR) is 78.9 cm³/mol. The lowest BCUT2D eigenvalue weighted by Gasteiger charge is -2.27. The Morgan fingerprint density at radius 1 is 1.45 bits per heavy atom. The van der Waals surface area contributed by atoms with Gasteiger partial charge in [-0.2, -0.15) is 0 Å². The average molecular weight is 298 g/mol. The van der Waals surface area contributed by atoms with E-state index < -0.39 is 6.10 Å². The molecular formula is C14H20ClN3O2. The first-order valence-corrected chi connectivity index (χ1v) is 7.30. The van der Waals surface area contributed by atoms with Crippen molar-refractivity contribution in [3.63, 3.8) is 0 Å². The molecule has 1 aliphatic heterocycles. The van der Waals surface area contributed by atoms with E-state index in [4.69, 9.17) is 16.4 Å². The summed E-state index contributed by atoms with van der Waals surface area (Å²) in [6, 6.07) is 3.57. The molecule has 2 rings (SSSR count). The number of piperidine rings is 1. The second-order valence-corrected chi connectivity index (χ2v) is 5.29. The summed E-state index contributed by atoms with van der Waals surface area (Å²) in [5.74, 6) is 0. The second kappa shape index (κ2) is 8.19.